The number of rotatable bonds is 1. The highest BCUT2D eigenvalue weighted by Crippen LogP contribution is 2.37. The predicted octanol–water partition coefficient (Wildman–Crippen LogP) is 3.12. The van der Waals surface area contributed by atoms with Crippen LogP contribution in [0.15, 0.2) is 18.2 Å². The molecule has 0 radical (unpaired) electrons. The van der Waals surface area contributed by atoms with Gasteiger partial charge in [-0.3, -0.25) is 0 Å². The van der Waals surface area contributed by atoms with Crippen molar-refractivity contribution >= 4 is 17.0 Å². The molecule has 2 N–H and O–H groups in total. The number of halogens is 1. The van der Waals surface area contributed by atoms with Crippen molar-refractivity contribution in [1.29, 1.82) is 0 Å². The summed E-state index contributed by atoms with van der Waals surface area (Å²) < 4.78 is 15.3. The Bertz CT molecular complexity index is 561. The number of nitrogens with two attached hydrogens (primary N) is 1. The lowest BCUT2D eigenvalue weighted by Crippen LogP contribution is -2.09. The number of hydrogen-bond acceptors (Lipinski definition) is 2. The zero-order valence-electron chi connectivity index (χ0n) is 9.86. The molecule has 1 saturated carbocycles. The maximum Gasteiger partial charge on any atom is 0.201 e. The number of hydrogen-bond donors (Lipinski definition) is 1. The van der Waals surface area contributed by atoms with Gasteiger partial charge in [0, 0.05) is 6.04 Å². The molecule has 0 spiro atoms. The Hall–Kier alpha value is -1.58. The van der Waals surface area contributed by atoms with Crippen molar-refractivity contribution in [2.45, 2.75) is 32.2 Å². The minimum absolute atomic E-state index is 0.232. The van der Waals surface area contributed by atoms with E-state index in [0.29, 0.717) is 17.9 Å². The minimum Gasteiger partial charge on any atom is -0.369 e. The third-order valence-electron chi connectivity index (χ3n) is 3.71. The number of fused-ring (bicyclic) bond motifs is 1. The van der Waals surface area contributed by atoms with Crippen molar-refractivity contribution in [1.82, 2.24) is 9.55 Å². The van der Waals surface area contributed by atoms with Crippen LogP contribution in [0.1, 0.15) is 32.2 Å². The minimum atomic E-state index is -0.232. The fraction of sp³-hybridized carbons (Fsp3) is 0.462. The van der Waals surface area contributed by atoms with Crippen LogP contribution in [-0.4, -0.2) is 9.55 Å². The van der Waals surface area contributed by atoms with Crippen molar-refractivity contribution in [3.8, 4) is 0 Å². The number of imidazole rings is 1. The van der Waals surface area contributed by atoms with Crippen LogP contribution in [0.3, 0.4) is 0 Å². The molecule has 1 heterocycles. The molecule has 0 saturated heterocycles. The lowest BCUT2D eigenvalue weighted by Gasteiger charge is -2.14. The molecule has 90 valence electrons. The van der Waals surface area contributed by atoms with Crippen molar-refractivity contribution in [3.05, 3.63) is 24.0 Å². The van der Waals surface area contributed by atoms with Crippen molar-refractivity contribution in [2.75, 3.05) is 5.73 Å². The summed E-state index contributed by atoms with van der Waals surface area (Å²) in [7, 11) is 0. The van der Waals surface area contributed by atoms with Gasteiger partial charge < -0.3 is 10.3 Å². The van der Waals surface area contributed by atoms with E-state index in [1.54, 1.807) is 6.07 Å². The van der Waals surface area contributed by atoms with Gasteiger partial charge in [-0.2, -0.15) is 0 Å². The molecule has 3 rings (SSSR count). The summed E-state index contributed by atoms with van der Waals surface area (Å²) in [5.74, 6) is 0.986. The van der Waals surface area contributed by atoms with E-state index in [9.17, 15) is 4.39 Å². The van der Waals surface area contributed by atoms with Crippen LogP contribution in [0.4, 0.5) is 10.3 Å². The summed E-state index contributed by atoms with van der Waals surface area (Å²) in [6, 6.07) is 5.02. The Balaban J connectivity index is 2.14. The van der Waals surface area contributed by atoms with Crippen LogP contribution in [0.2, 0.25) is 0 Å². The van der Waals surface area contributed by atoms with E-state index in [1.807, 2.05) is 4.57 Å². The first-order valence-electron chi connectivity index (χ1n) is 6.08. The smallest absolute Gasteiger partial charge is 0.201 e. The van der Waals surface area contributed by atoms with Crippen LogP contribution in [0.5, 0.6) is 0 Å². The maximum absolute atomic E-state index is 13.3. The Labute approximate surface area is 99.4 Å². The van der Waals surface area contributed by atoms with Gasteiger partial charge in [0.15, 0.2) is 0 Å². The van der Waals surface area contributed by atoms with Crippen LogP contribution in [0, 0.1) is 11.7 Å². The first kappa shape index (κ1) is 10.6. The maximum atomic E-state index is 13.3. The molecule has 3 nitrogen and oxygen atoms in total. The van der Waals surface area contributed by atoms with E-state index in [1.165, 1.54) is 18.6 Å². The Morgan fingerprint density at radius 1 is 1.41 bits per heavy atom. The van der Waals surface area contributed by atoms with E-state index < -0.39 is 0 Å². The van der Waals surface area contributed by atoms with E-state index >= 15 is 0 Å². The van der Waals surface area contributed by atoms with E-state index in [4.69, 9.17) is 5.73 Å². The average Bonchev–Trinajstić information content (AvgIpc) is 2.81. The van der Waals surface area contributed by atoms with Gasteiger partial charge >= 0.3 is 0 Å². The second-order valence-electron chi connectivity index (χ2n) is 5.05. The van der Waals surface area contributed by atoms with E-state index in [0.717, 1.165) is 23.9 Å². The zero-order valence-corrected chi connectivity index (χ0v) is 9.86. The van der Waals surface area contributed by atoms with Gasteiger partial charge in [-0.05, 0) is 43.4 Å². The van der Waals surface area contributed by atoms with Crippen LogP contribution >= 0.6 is 0 Å². The molecule has 2 aromatic rings. The number of nitrogen functional groups attached to an aromatic ring is 1. The largest absolute Gasteiger partial charge is 0.369 e. The Kier molecular flexibility index (Phi) is 2.31. The highest BCUT2D eigenvalue weighted by atomic mass is 19.1. The quantitative estimate of drug-likeness (QED) is 0.822. The number of nitrogens with zero attached hydrogens (tertiary/aromatic N) is 2. The molecule has 0 bridgehead atoms. The molecule has 2 unspecified atom stereocenters. The van der Waals surface area contributed by atoms with E-state index in [-0.39, 0.29) is 5.82 Å². The molecule has 0 amide bonds. The highest BCUT2D eigenvalue weighted by molar-refractivity contribution is 5.78. The molecular weight excluding hydrogens is 217 g/mol. The number of aromatic nitrogens is 2. The molecule has 1 fully saturated rings. The lowest BCUT2D eigenvalue weighted by molar-refractivity contribution is 0.509. The van der Waals surface area contributed by atoms with Gasteiger partial charge in [0.25, 0.3) is 0 Å². The second-order valence-corrected chi connectivity index (χ2v) is 5.05. The number of anilines is 1. The van der Waals surface area contributed by atoms with Crippen LogP contribution < -0.4 is 5.73 Å². The highest BCUT2D eigenvalue weighted by Gasteiger charge is 2.25. The predicted molar refractivity (Wildman–Crippen MR) is 66.2 cm³/mol. The van der Waals surface area contributed by atoms with Gasteiger partial charge in [0.05, 0.1) is 11.0 Å². The van der Waals surface area contributed by atoms with Crippen molar-refractivity contribution < 1.29 is 4.39 Å². The first-order valence-corrected chi connectivity index (χ1v) is 6.08. The molecule has 4 heteroatoms. The fourth-order valence-electron chi connectivity index (χ4n) is 2.88. The summed E-state index contributed by atoms with van der Waals surface area (Å²) in [6.07, 6.45) is 3.42. The number of benzene rings is 1. The van der Waals surface area contributed by atoms with Crippen LogP contribution in [0.25, 0.3) is 11.0 Å². The molecule has 1 aromatic carbocycles. The normalized spacial score (nSPS) is 24.6. The first-order chi connectivity index (χ1) is 8.15. The van der Waals surface area contributed by atoms with Gasteiger partial charge in [-0.15, -0.1) is 0 Å². The molecule has 2 atom stereocenters. The summed E-state index contributed by atoms with van der Waals surface area (Å²) in [4.78, 5) is 4.30. The Morgan fingerprint density at radius 3 is 2.94 bits per heavy atom. The third-order valence-corrected chi connectivity index (χ3v) is 3.71. The SMILES string of the molecule is CC1CCC(n2c(N)nc3ccc(F)cc32)C1. The van der Waals surface area contributed by atoms with Gasteiger partial charge in [0.1, 0.15) is 5.82 Å². The average molecular weight is 233 g/mol. The third kappa shape index (κ3) is 1.68. The standard InChI is InChI=1S/C13H16FN3/c1-8-2-4-10(6-8)17-12-7-9(14)3-5-11(12)16-13(17)15/h3,5,7-8,10H,2,4,6H2,1H3,(H2,15,16). The summed E-state index contributed by atoms with van der Waals surface area (Å²) >= 11 is 0. The van der Waals surface area contributed by atoms with Gasteiger partial charge in [0.2, 0.25) is 5.95 Å². The molecule has 1 aliphatic rings. The molecule has 1 aromatic heterocycles. The molecule has 17 heavy (non-hydrogen) atoms. The summed E-state index contributed by atoms with van der Waals surface area (Å²) in [5, 5.41) is 0. The molecule has 1 aliphatic carbocycles. The summed E-state index contributed by atoms with van der Waals surface area (Å²) in [6.45, 7) is 2.25. The molecular formula is C13H16FN3. The van der Waals surface area contributed by atoms with E-state index in [2.05, 4.69) is 11.9 Å². The van der Waals surface area contributed by atoms with Gasteiger partial charge in [-0.1, -0.05) is 6.92 Å². The van der Waals surface area contributed by atoms with Crippen molar-refractivity contribution in [3.63, 3.8) is 0 Å². The van der Waals surface area contributed by atoms with Crippen molar-refractivity contribution in [2.24, 2.45) is 5.92 Å². The second kappa shape index (κ2) is 3.72. The Morgan fingerprint density at radius 2 is 2.24 bits per heavy atom. The summed E-state index contributed by atoms with van der Waals surface area (Å²) in [5.41, 5.74) is 7.56. The fourth-order valence-corrected chi connectivity index (χ4v) is 2.88. The van der Waals surface area contributed by atoms with Crippen LogP contribution in [-0.2, 0) is 0 Å². The lowest BCUT2D eigenvalue weighted by atomic mass is 10.1. The topological polar surface area (TPSA) is 43.8 Å². The van der Waals surface area contributed by atoms with Gasteiger partial charge in [-0.25, -0.2) is 9.37 Å². The molecule has 0 aliphatic heterocycles. The monoisotopic (exact) mass is 233 g/mol. The zero-order chi connectivity index (χ0) is 12.0.